The number of esters is 1. The van der Waals surface area contributed by atoms with Crippen molar-refractivity contribution in [2.75, 3.05) is 0 Å². The van der Waals surface area contributed by atoms with Crippen LogP contribution in [0.3, 0.4) is 0 Å². The van der Waals surface area contributed by atoms with Crippen LogP contribution in [0.25, 0.3) is 11.8 Å². The number of carbonyl (C=O) groups excluding carboxylic acids is 1. The highest BCUT2D eigenvalue weighted by Crippen LogP contribution is 2.29. The van der Waals surface area contributed by atoms with E-state index < -0.39 is 0 Å². The van der Waals surface area contributed by atoms with Crippen molar-refractivity contribution in [3.63, 3.8) is 0 Å². The second-order valence-electron chi connectivity index (χ2n) is 3.71. The first-order valence-corrected chi connectivity index (χ1v) is 4.83. The second kappa shape index (κ2) is 2.74. The minimum Gasteiger partial charge on any atom is -0.465 e. The summed E-state index contributed by atoms with van der Waals surface area (Å²) in [6.07, 6.45) is 6.06. The van der Waals surface area contributed by atoms with Gasteiger partial charge >= 0.3 is 5.97 Å². The third-order valence-electron chi connectivity index (χ3n) is 2.84. The quantitative estimate of drug-likeness (QED) is 0.560. The van der Waals surface area contributed by atoms with Crippen LogP contribution in [-0.2, 0) is 9.53 Å². The molecule has 3 heteroatoms. The summed E-state index contributed by atoms with van der Waals surface area (Å²) in [5.74, 6) is 1.07. The number of hydrogen-bond donors (Lipinski definition) is 0. The van der Waals surface area contributed by atoms with Crippen molar-refractivity contribution in [3.8, 4) is 0 Å². The summed E-state index contributed by atoms with van der Waals surface area (Å²) >= 11 is 0. The molecule has 1 aromatic rings. The molecule has 1 aliphatic carbocycles. The van der Waals surface area contributed by atoms with Gasteiger partial charge in [-0.25, -0.2) is 0 Å². The van der Waals surface area contributed by atoms with Crippen LogP contribution in [0.1, 0.15) is 19.3 Å². The molecule has 72 valence electrons. The van der Waals surface area contributed by atoms with E-state index in [0.717, 1.165) is 29.2 Å². The zero-order valence-corrected chi connectivity index (χ0v) is 7.66. The lowest BCUT2D eigenvalue weighted by atomic mass is 9.91. The minimum absolute atomic E-state index is 0.120. The largest absolute Gasteiger partial charge is 0.465 e. The molecule has 0 N–H and O–H groups in total. The van der Waals surface area contributed by atoms with E-state index in [1.54, 1.807) is 6.26 Å². The van der Waals surface area contributed by atoms with Crippen molar-refractivity contribution in [3.05, 3.63) is 23.0 Å². The first-order valence-electron chi connectivity index (χ1n) is 4.83. The standard InChI is InChI=1S/C11H10O3/c12-10-4-2-7-1-3-9-8(5-6-13-9)11(7)14-10/h3,5-7H,1-2,4H2. The van der Waals surface area contributed by atoms with Gasteiger partial charge in [-0.1, -0.05) is 0 Å². The molecule has 0 spiro atoms. The summed E-state index contributed by atoms with van der Waals surface area (Å²) in [5.41, 5.74) is 0.839. The van der Waals surface area contributed by atoms with Gasteiger partial charge < -0.3 is 9.15 Å². The number of hydrogen-bond acceptors (Lipinski definition) is 3. The molecule has 0 amide bonds. The summed E-state index contributed by atoms with van der Waals surface area (Å²) in [4.78, 5) is 11.2. The Morgan fingerprint density at radius 1 is 1.43 bits per heavy atom. The Bertz CT molecular complexity index is 495. The van der Waals surface area contributed by atoms with E-state index in [-0.39, 0.29) is 5.97 Å². The molecular formula is C11H10O3. The predicted molar refractivity (Wildman–Crippen MR) is 49.3 cm³/mol. The molecule has 1 aliphatic heterocycles. The van der Waals surface area contributed by atoms with Gasteiger partial charge in [0.1, 0.15) is 11.2 Å². The summed E-state index contributed by atoms with van der Waals surface area (Å²) in [6, 6.07) is 1.87. The second-order valence-corrected chi connectivity index (χ2v) is 3.71. The van der Waals surface area contributed by atoms with Crippen LogP contribution >= 0.6 is 0 Å². The normalized spacial score (nSPS) is 24.7. The maximum absolute atomic E-state index is 11.2. The van der Waals surface area contributed by atoms with E-state index >= 15 is 0 Å². The molecule has 0 aromatic carbocycles. The zero-order chi connectivity index (χ0) is 9.54. The molecule has 1 fully saturated rings. The summed E-state index contributed by atoms with van der Waals surface area (Å²) in [6.45, 7) is 0. The number of ether oxygens (including phenoxy) is 1. The van der Waals surface area contributed by atoms with Crippen molar-refractivity contribution >= 4 is 17.8 Å². The Hall–Kier alpha value is -1.51. The fourth-order valence-corrected chi connectivity index (χ4v) is 2.11. The summed E-state index contributed by atoms with van der Waals surface area (Å²) in [5, 5.41) is 0.953. The van der Waals surface area contributed by atoms with Crippen molar-refractivity contribution in [2.24, 2.45) is 5.92 Å². The van der Waals surface area contributed by atoms with Crippen LogP contribution in [0.15, 0.2) is 16.7 Å². The SMILES string of the molecule is O=C1CCC2CC=c3occc3=C2O1. The molecule has 3 nitrogen and oxygen atoms in total. The number of fused-ring (bicyclic) bond motifs is 2. The molecule has 3 rings (SSSR count). The molecule has 1 unspecified atom stereocenters. The zero-order valence-electron chi connectivity index (χ0n) is 7.66. The molecule has 0 radical (unpaired) electrons. The van der Waals surface area contributed by atoms with Crippen LogP contribution in [0.5, 0.6) is 0 Å². The average molecular weight is 190 g/mol. The Kier molecular flexibility index (Phi) is 1.54. The monoisotopic (exact) mass is 190 g/mol. The molecule has 1 aromatic heterocycles. The van der Waals surface area contributed by atoms with Crippen LogP contribution in [0, 0.1) is 5.92 Å². The molecule has 0 bridgehead atoms. The van der Waals surface area contributed by atoms with Crippen LogP contribution in [0.4, 0.5) is 0 Å². The van der Waals surface area contributed by atoms with Gasteiger partial charge in [0.05, 0.1) is 11.5 Å². The van der Waals surface area contributed by atoms with Crippen molar-refractivity contribution in [2.45, 2.75) is 19.3 Å². The molecule has 0 saturated carbocycles. The van der Waals surface area contributed by atoms with E-state index in [1.165, 1.54) is 0 Å². The molecule has 2 heterocycles. The van der Waals surface area contributed by atoms with Gasteiger partial charge in [0.2, 0.25) is 0 Å². The van der Waals surface area contributed by atoms with Crippen molar-refractivity contribution in [1.82, 2.24) is 0 Å². The molecule has 1 saturated heterocycles. The molecule has 1 atom stereocenters. The van der Waals surface area contributed by atoms with Crippen molar-refractivity contribution in [1.29, 1.82) is 0 Å². The van der Waals surface area contributed by atoms with Crippen molar-refractivity contribution < 1.29 is 13.9 Å². The lowest BCUT2D eigenvalue weighted by Crippen LogP contribution is -2.34. The molecular weight excluding hydrogens is 180 g/mol. The molecule has 2 aliphatic rings. The van der Waals surface area contributed by atoms with E-state index in [4.69, 9.17) is 9.15 Å². The fraction of sp³-hybridized carbons (Fsp3) is 0.364. The summed E-state index contributed by atoms with van der Waals surface area (Å²) in [7, 11) is 0. The van der Waals surface area contributed by atoms with Gasteiger partial charge in [-0.2, -0.15) is 0 Å². The third-order valence-corrected chi connectivity index (χ3v) is 2.84. The van der Waals surface area contributed by atoms with Gasteiger partial charge in [0.15, 0.2) is 0 Å². The van der Waals surface area contributed by atoms with Crippen LogP contribution in [-0.4, -0.2) is 5.97 Å². The highest BCUT2D eigenvalue weighted by atomic mass is 16.5. The Labute approximate surface area is 80.7 Å². The minimum atomic E-state index is -0.120. The number of rotatable bonds is 0. The first-order chi connectivity index (χ1) is 6.84. The van der Waals surface area contributed by atoms with E-state index in [2.05, 4.69) is 6.08 Å². The number of furan rings is 1. The van der Waals surface area contributed by atoms with Crippen LogP contribution < -0.4 is 10.6 Å². The van der Waals surface area contributed by atoms with Gasteiger partial charge in [-0.3, -0.25) is 4.79 Å². The highest BCUT2D eigenvalue weighted by Gasteiger charge is 2.27. The van der Waals surface area contributed by atoms with Gasteiger partial charge in [0, 0.05) is 12.3 Å². The Morgan fingerprint density at radius 3 is 3.29 bits per heavy atom. The summed E-state index contributed by atoms with van der Waals surface area (Å²) < 4.78 is 10.5. The van der Waals surface area contributed by atoms with E-state index in [9.17, 15) is 4.79 Å². The molecule has 14 heavy (non-hydrogen) atoms. The van der Waals surface area contributed by atoms with E-state index in [1.807, 2.05) is 6.07 Å². The first kappa shape index (κ1) is 7.85. The third kappa shape index (κ3) is 1.02. The van der Waals surface area contributed by atoms with Gasteiger partial charge in [0.25, 0.3) is 0 Å². The smallest absolute Gasteiger partial charge is 0.310 e. The lowest BCUT2D eigenvalue weighted by Gasteiger charge is -2.24. The predicted octanol–water partition coefficient (Wildman–Crippen LogP) is 0.525. The fourth-order valence-electron chi connectivity index (χ4n) is 2.11. The average Bonchev–Trinajstić information content (AvgIpc) is 2.65. The maximum atomic E-state index is 11.2. The Morgan fingerprint density at radius 2 is 2.36 bits per heavy atom. The van der Waals surface area contributed by atoms with Gasteiger partial charge in [-0.15, -0.1) is 0 Å². The maximum Gasteiger partial charge on any atom is 0.310 e. The van der Waals surface area contributed by atoms with E-state index in [0.29, 0.717) is 12.3 Å². The lowest BCUT2D eigenvalue weighted by molar-refractivity contribution is -0.139. The Balaban J connectivity index is 2.24. The highest BCUT2D eigenvalue weighted by molar-refractivity contribution is 5.77. The van der Waals surface area contributed by atoms with Gasteiger partial charge in [-0.05, 0) is 25.0 Å². The van der Waals surface area contributed by atoms with Crippen LogP contribution in [0.2, 0.25) is 0 Å². The number of carbonyl (C=O) groups is 1. The topological polar surface area (TPSA) is 39.4 Å².